The first-order chi connectivity index (χ1) is 13.3. The fourth-order valence-electron chi connectivity index (χ4n) is 2.39. The SMILES string of the molecule is C[C@H](NC(=O)OCc1ccccc1)P(C)(=O)OC(Cc1ccccc1)C(=O)O. The van der Waals surface area contributed by atoms with Gasteiger partial charge in [0.2, 0.25) is 7.37 Å². The highest BCUT2D eigenvalue weighted by molar-refractivity contribution is 7.58. The van der Waals surface area contributed by atoms with Crippen LogP contribution in [0.5, 0.6) is 0 Å². The summed E-state index contributed by atoms with van der Waals surface area (Å²) in [6, 6.07) is 18.0. The molecule has 0 bridgehead atoms. The lowest BCUT2D eigenvalue weighted by molar-refractivity contribution is -0.145. The van der Waals surface area contributed by atoms with Gasteiger partial charge in [0.05, 0.1) is 0 Å². The van der Waals surface area contributed by atoms with Gasteiger partial charge in [0.1, 0.15) is 12.4 Å². The molecule has 1 amide bonds. The van der Waals surface area contributed by atoms with Gasteiger partial charge in [-0.3, -0.25) is 4.57 Å². The van der Waals surface area contributed by atoms with Gasteiger partial charge in [0, 0.05) is 13.1 Å². The third kappa shape index (κ3) is 6.83. The van der Waals surface area contributed by atoms with Crippen molar-refractivity contribution in [2.24, 2.45) is 0 Å². The van der Waals surface area contributed by atoms with Crippen LogP contribution in [0.25, 0.3) is 0 Å². The van der Waals surface area contributed by atoms with Crippen molar-refractivity contribution in [3.63, 3.8) is 0 Å². The molecule has 0 fully saturated rings. The van der Waals surface area contributed by atoms with Crippen LogP contribution in [0.1, 0.15) is 18.1 Å². The predicted octanol–water partition coefficient (Wildman–Crippen LogP) is 3.88. The summed E-state index contributed by atoms with van der Waals surface area (Å²) in [5, 5.41) is 11.9. The predicted molar refractivity (Wildman–Crippen MR) is 105 cm³/mol. The van der Waals surface area contributed by atoms with Crippen molar-refractivity contribution in [3.05, 3.63) is 71.8 Å². The van der Waals surface area contributed by atoms with Crippen LogP contribution < -0.4 is 5.32 Å². The highest BCUT2D eigenvalue weighted by atomic mass is 31.2. The third-order valence-electron chi connectivity index (χ3n) is 4.12. The van der Waals surface area contributed by atoms with Gasteiger partial charge in [0.25, 0.3) is 0 Å². The Bertz CT molecular complexity index is 827. The van der Waals surface area contributed by atoms with E-state index < -0.39 is 31.3 Å². The highest BCUT2D eigenvalue weighted by Crippen LogP contribution is 2.48. The van der Waals surface area contributed by atoms with Gasteiger partial charge in [-0.2, -0.15) is 0 Å². The molecule has 3 atom stereocenters. The van der Waals surface area contributed by atoms with E-state index in [4.69, 9.17) is 9.26 Å². The lowest BCUT2D eigenvalue weighted by Crippen LogP contribution is -2.35. The molecule has 150 valence electrons. The number of rotatable bonds is 9. The van der Waals surface area contributed by atoms with E-state index in [1.54, 1.807) is 24.3 Å². The zero-order valence-electron chi connectivity index (χ0n) is 15.8. The Kier molecular flexibility index (Phi) is 7.79. The van der Waals surface area contributed by atoms with Crippen molar-refractivity contribution in [3.8, 4) is 0 Å². The van der Waals surface area contributed by atoms with Crippen molar-refractivity contribution < 1.29 is 28.5 Å². The van der Waals surface area contributed by atoms with Gasteiger partial charge in [-0.05, 0) is 18.1 Å². The van der Waals surface area contributed by atoms with E-state index in [9.17, 15) is 19.3 Å². The highest BCUT2D eigenvalue weighted by Gasteiger charge is 2.33. The summed E-state index contributed by atoms with van der Waals surface area (Å²) in [5.41, 5.74) is 1.56. The minimum absolute atomic E-state index is 0.0686. The number of hydrogen-bond donors (Lipinski definition) is 2. The summed E-state index contributed by atoms with van der Waals surface area (Å²) < 4.78 is 23.4. The van der Waals surface area contributed by atoms with Gasteiger partial charge in [-0.25, -0.2) is 9.59 Å². The number of aliphatic carboxylic acids is 1. The van der Waals surface area contributed by atoms with E-state index in [1.807, 2.05) is 36.4 Å². The molecule has 2 aromatic rings. The van der Waals surface area contributed by atoms with E-state index >= 15 is 0 Å². The normalized spacial score (nSPS) is 15.1. The topological polar surface area (TPSA) is 102 Å². The van der Waals surface area contributed by atoms with Crippen molar-refractivity contribution in [2.75, 3.05) is 6.66 Å². The number of carbonyl (C=O) groups excluding carboxylic acids is 1. The quantitative estimate of drug-likeness (QED) is 0.614. The largest absolute Gasteiger partial charge is 0.479 e. The first-order valence-corrected chi connectivity index (χ1v) is 10.9. The minimum atomic E-state index is -3.47. The number of amides is 1. The fourth-order valence-corrected chi connectivity index (χ4v) is 3.59. The number of carboxylic acids is 1. The standard InChI is InChI=1S/C20H24NO6P/c1-15(21-20(24)26-14-17-11-7-4-8-12-17)28(2,25)27-18(19(22)23)13-16-9-5-3-6-10-16/h3-12,15,18H,13-14H2,1-2H3,(H,21,24)(H,22,23)/t15-,18?,28?/m1/s1. The van der Waals surface area contributed by atoms with Crippen molar-refractivity contribution in [1.82, 2.24) is 5.32 Å². The molecule has 0 aliphatic rings. The molecule has 0 saturated carbocycles. The Balaban J connectivity index is 1.92. The summed E-state index contributed by atoms with van der Waals surface area (Å²) in [7, 11) is -3.47. The van der Waals surface area contributed by atoms with Crippen molar-refractivity contribution in [1.29, 1.82) is 0 Å². The summed E-state index contributed by atoms with van der Waals surface area (Å²) in [6.07, 6.45) is -1.97. The monoisotopic (exact) mass is 405 g/mol. The number of carbonyl (C=O) groups is 2. The van der Waals surface area contributed by atoms with Crippen LogP contribution >= 0.6 is 7.37 Å². The smallest absolute Gasteiger partial charge is 0.408 e. The molecule has 2 N–H and O–H groups in total. The van der Waals surface area contributed by atoms with E-state index in [2.05, 4.69) is 5.32 Å². The molecule has 0 aromatic heterocycles. The lowest BCUT2D eigenvalue weighted by atomic mass is 10.1. The maximum absolute atomic E-state index is 12.9. The molecule has 2 unspecified atom stereocenters. The Morgan fingerprint density at radius 3 is 2.11 bits per heavy atom. The lowest BCUT2D eigenvalue weighted by Gasteiger charge is -2.25. The number of ether oxygens (including phenoxy) is 1. The van der Waals surface area contributed by atoms with E-state index in [0.717, 1.165) is 11.1 Å². The van der Waals surface area contributed by atoms with Crippen molar-refractivity contribution in [2.45, 2.75) is 31.8 Å². The summed E-state index contributed by atoms with van der Waals surface area (Å²) in [4.78, 5) is 23.5. The van der Waals surface area contributed by atoms with Gasteiger partial charge < -0.3 is 19.7 Å². The Hall–Kier alpha value is -2.63. The fraction of sp³-hybridized carbons (Fsp3) is 0.300. The van der Waals surface area contributed by atoms with Gasteiger partial charge >= 0.3 is 12.1 Å². The van der Waals surface area contributed by atoms with Gasteiger partial charge in [0.15, 0.2) is 6.10 Å². The number of benzene rings is 2. The molecule has 0 spiro atoms. The zero-order chi connectivity index (χ0) is 20.6. The minimum Gasteiger partial charge on any atom is -0.479 e. The Morgan fingerprint density at radius 1 is 1.04 bits per heavy atom. The average Bonchev–Trinajstić information content (AvgIpc) is 2.67. The van der Waals surface area contributed by atoms with Crippen LogP contribution in [-0.4, -0.2) is 35.7 Å². The van der Waals surface area contributed by atoms with Gasteiger partial charge in [-0.1, -0.05) is 60.7 Å². The summed E-state index contributed by atoms with van der Waals surface area (Å²) in [6.45, 7) is 2.86. The molecule has 2 aromatic carbocycles. The van der Waals surface area contributed by atoms with Crippen LogP contribution in [0.3, 0.4) is 0 Å². The first-order valence-electron chi connectivity index (χ1n) is 8.77. The summed E-state index contributed by atoms with van der Waals surface area (Å²) >= 11 is 0. The number of alkyl carbamates (subject to hydrolysis) is 1. The second kappa shape index (κ2) is 10.1. The molecule has 0 aliphatic carbocycles. The molecular formula is C20H24NO6P. The molecule has 0 saturated heterocycles. The second-order valence-electron chi connectivity index (χ2n) is 6.41. The number of hydrogen-bond acceptors (Lipinski definition) is 5. The molecule has 8 heteroatoms. The molecular weight excluding hydrogens is 381 g/mol. The van der Waals surface area contributed by atoms with Crippen LogP contribution in [0.4, 0.5) is 4.79 Å². The maximum Gasteiger partial charge on any atom is 0.408 e. The molecule has 7 nitrogen and oxygen atoms in total. The molecule has 0 radical (unpaired) electrons. The summed E-state index contributed by atoms with van der Waals surface area (Å²) in [5.74, 6) is -2.13. The zero-order valence-corrected chi connectivity index (χ0v) is 16.7. The van der Waals surface area contributed by atoms with E-state index in [-0.39, 0.29) is 13.0 Å². The van der Waals surface area contributed by atoms with Gasteiger partial charge in [-0.15, -0.1) is 0 Å². The third-order valence-corrected chi connectivity index (χ3v) is 6.33. The van der Waals surface area contributed by atoms with Crippen LogP contribution in [-0.2, 0) is 31.6 Å². The average molecular weight is 405 g/mol. The molecule has 0 aliphatic heterocycles. The van der Waals surface area contributed by atoms with Crippen LogP contribution in [0.15, 0.2) is 60.7 Å². The molecule has 0 heterocycles. The maximum atomic E-state index is 12.9. The Morgan fingerprint density at radius 2 is 1.57 bits per heavy atom. The molecule has 2 rings (SSSR count). The van der Waals surface area contributed by atoms with Crippen LogP contribution in [0, 0.1) is 0 Å². The number of nitrogens with one attached hydrogen (secondary N) is 1. The number of carboxylic acid groups (broad SMARTS) is 1. The second-order valence-corrected chi connectivity index (χ2v) is 9.22. The first kappa shape index (κ1) is 21.7. The van der Waals surface area contributed by atoms with E-state index in [0.29, 0.717) is 0 Å². The van der Waals surface area contributed by atoms with E-state index in [1.165, 1.54) is 13.6 Å². The Labute approximate surface area is 164 Å². The van der Waals surface area contributed by atoms with Crippen LogP contribution in [0.2, 0.25) is 0 Å². The van der Waals surface area contributed by atoms with Crippen molar-refractivity contribution >= 4 is 19.4 Å². The molecule has 28 heavy (non-hydrogen) atoms.